The van der Waals surface area contributed by atoms with Crippen molar-refractivity contribution in [1.29, 1.82) is 0 Å². The monoisotopic (exact) mass is 450 g/mol. The molecule has 3 rings (SSSR count). The van der Waals surface area contributed by atoms with Crippen LogP contribution in [0.15, 0.2) is 41.8 Å². The number of carbonyl (C=O) groups excluding carboxylic acids is 2. The fraction of sp³-hybridized carbons (Fsp3) is 0.333. The first kappa shape index (κ1) is 22.0. The quantitative estimate of drug-likeness (QED) is 0.537. The van der Waals surface area contributed by atoms with E-state index in [1.54, 1.807) is 0 Å². The molecular weight excluding hydrogens is 435 g/mol. The minimum Gasteiger partial charge on any atom is -0.435 e. The molecule has 0 aliphatic carbocycles. The molecule has 2 aromatic rings. The summed E-state index contributed by atoms with van der Waals surface area (Å²) in [7, 11) is 0.729. The number of urea groups is 1. The standard InChI is InChI=1S/C18H15F5N2O4S/c1-25-16(27)24-13(9-4-6-10(7-5-9)29-15(19)20)12(17(25,28)18(21,22)23)14(26)11-3-2-8-30-11/h2-8,12-13,15,28H,1H3,(H,24,27). The predicted molar refractivity (Wildman–Crippen MR) is 95.3 cm³/mol. The second kappa shape index (κ2) is 7.84. The lowest BCUT2D eigenvalue weighted by molar-refractivity contribution is -0.322. The highest BCUT2D eigenvalue weighted by Gasteiger charge is 2.69. The summed E-state index contributed by atoms with van der Waals surface area (Å²) in [6, 6.07) is 4.31. The van der Waals surface area contributed by atoms with Gasteiger partial charge in [-0.3, -0.25) is 9.69 Å². The van der Waals surface area contributed by atoms with Crippen molar-refractivity contribution < 1.29 is 41.4 Å². The smallest absolute Gasteiger partial charge is 0.435 e. The Bertz CT molecular complexity index is 920. The molecule has 1 fully saturated rings. The number of amides is 2. The number of halogens is 5. The summed E-state index contributed by atoms with van der Waals surface area (Å²) in [5.41, 5.74) is -3.81. The van der Waals surface area contributed by atoms with E-state index in [4.69, 9.17) is 0 Å². The van der Waals surface area contributed by atoms with E-state index >= 15 is 0 Å². The van der Waals surface area contributed by atoms with Gasteiger partial charge in [0.1, 0.15) is 11.7 Å². The van der Waals surface area contributed by atoms with Gasteiger partial charge in [0, 0.05) is 7.05 Å². The number of hydrogen-bond donors (Lipinski definition) is 2. The first-order valence-electron chi connectivity index (χ1n) is 8.42. The van der Waals surface area contributed by atoms with Crippen LogP contribution < -0.4 is 10.1 Å². The van der Waals surface area contributed by atoms with Gasteiger partial charge >= 0.3 is 18.8 Å². The van der Waals surface area contributed by atoms with Crippen molar-refractivity contribution >= 4 is 23.2 Å². The molecule has 2 N–H and O–H groups in total. The molecule has 1 aliphatic heterocycles. The summed E-state index contributed by atoms with van der Waals surface area (Å²) in [6.07, 6.45) is -5.37. The van der Waals surface area contributed by atoms with Crippen molar-refractivity contribution in [3.63, 3.8) is 0 Å². The Morgan fingerprint density at radius 3 is 2.40 bits per heavy atom. The predicted octanol–water partition coefficient (Wildman–Crippen LogP) is 3.80. The van der Waals surface area contributed by atoms with E-state index in [0.717, 1.165) is 42.6 Å². The van der Waals surface area contributed by atoms with Crippen LogP contribution in [0.3, 0.4) is 0 Å². The fourth-order valence-electron chi connectivity index (χ4n) is 3.31. The topological polar surface area (TPSA) is 78.9 Å². The average Bonchev–Trinajstić information content (AvgIpc) is 3.19. The zero-order valence-electron chi connectivity index (χ0n) is 15.2. The van der Waals surface area contributed by atoms with Crippen LogP contribution in [0.25, 0.3) is 0 Å². The SMILES string of the molecule is CN1C(=O)NC(c2ccc(OC(F)F)cc2)C(C(=O)c2cccs2)C1(O)C(F)(F)F. The first-order valence-corrected chi connectivity index (χ1v) is 9.30. The van der Waals surface area contributed by atoms with Crippen LogP contribution in [0.4, 0.5) is 26.7 Å². The highest BCUT2D eigenvalue weighted by Crippen LogP contribution is 2.48. The Labute approximate surface area is 170 Å². The Kier molecular flexibility index (Phi) is 5.74. The average molecular weight is 450 g/mol. The highest BCUT2D eigenvalue weighted by molar-refractivity contribution is 7.12. The summed E-state index contributed by atoms with van der Waals surface area (Å²) in [4.78, 5) is 25.2. The van der Waals surface area contributed by atoms with Crippen LogP contribution in [0.1, 0.15) is 21.3 Å². The summed E-state index contributed by atoms with van der Waals surface area (Å²) in [5.74, 6) is -3.46. The molecule has 0 saturated carbocycles. The normalized spacial score (nSPS) is 24.7. The summed E-state index contributed by atoms with van der Waals surface area (Å²) in [6.45, 7) is -3.11. The Morgan fingerprint density at radius 1 is 1.27 bits per heavy atom. The number of carbonyl (C=O) groups is 2. The Morgan fingerprint density at radius 2 is 1.90 bits per heavy atom. The fourth-order valence-corrected chi connectivity index (χ4v) is 4.02. The molecule has 0 radical (unpaired) electrons. The van der Waals surface area contributed by atoms with Crippen LogP contribution in [0, 0.1) is 5.92 Å². The lowest BCUT2D eigenvalue weighted by atomic mass is 9.78. The third-order valence-electron chi connectivity index (χ3n) is 4.79. The van der Waals surface area contributed by atoms with Gasteiger partial charge in [0.05, 0.1) is 10.9 Å². The third-order valence-corrected chi connectivity index (χ3v) is 5.67. The maximum atomic E-state index is 14.0. The number of alkyl halides is 5. The molecule has 3 unspecified atom stereocenters. The number of Topliss-reactive ketones (excluding diaryl/α,β-unsaturated/α-hetero) is 1. The number of thiophene rings is 1. The van der Waals surface area contributed by atoms with Gasteiger partial charge in [0.2, 0.25) is 0 Å². The van der Waals surface area contributed by atoms with Crippen molar-refractivity contribution in [3.8, 4) is 5.75 Å². The van der Waals surface area contributed by atoms with Crippen LogP contribution in [-0.4, -0.2) is 47.4 Å². The molecule has 30 heavy (non-hydrogen) atoms. The third kappa shape index (κ3) is 3.72. The van der Waals surface area contributed by atoms with Crippen LogP contribution in [0.5, 0.6) is 5.75 Å². The maximum Gasteiger partial charge on any atom is 0.437 e. The van der Waals surface area contributed by atoms with E-state index < -0.39 is 42.3 Å². The van der Waals surface area contributed by atoms with Gasteiger partial charge in [-0.1, -0.05) is 18.2 Å². The molecule has 2 amide bonds. The molecule has 3 atom stereocenters. The van der Waals surface area contributed by atoms with Crippen molar-refractivity contribution in [2.45, 2.75) is 24.6 Å². The Balaban J connectivity index is 2.11. The minimum absolute atomic E-state index is 0.00403. The van der Waals surface area contributed by atoms with Gasteiger partial charge < -0.3 is 15.2 Å². The largest absolute Gasteiger partial charge is 0.437 e. The number of nitrogens with zero attached hydrogens (tertiary/aromatic N) is 1. The van der Waals surface area contributed by atoms with E-state index in [1.807, 2.05) is 0 Å². The van der Waals surface area contributed by atoms with Gasteiger partial charge in [-0.15, -0.1) is 11.3 Å². The first-order chi connectivity index (χ1) is 14.0. The van der Waals surface area contributed by atoms with E-state index in [-0.39, 0.29) is 21.1 Å². The molecule has 6 nitrogen and oxygen atoms in total. The zero-order chi connectivity index (χ0) is 22.3. The number of hydrogen-bond acceptors (Lipinski definition) is 5. The van der Waals surface area contributed by atoms with Crippen molar-refractivity contribution in [3.05, 3.63) is 52.2 Å². The molecule has 162 valence electrons. The van der Waals surface area contributed by atoms with Crippen molar-refractivity contribution in [1.82, 2.24) is 10.2 Å². The molecule has 1 aromatic heterocycles. The molecule has 0 bridgehead atoms. The lowest BCUT2D eigenvalue weighted by Crippen LogP contribution is -2.72. The molecule has 1 aromatic carbocycles. The second-order valence-electron chi connectivity index (χ2n) is 6.48. The van der Waals surface area contributed by atoms with E-state index in [2.05, 4.69) is 10.1 Å². The van der Waals surface area contributed by atoms with Crippen molar-refractivity contribution in [2.24, 2.45) is 5.92 Å². The van der Waals surface area contributed by atoms with Crippen molar-refractivity contribution in [2.75, 3.05) is 7.05 Å². The number of benzene rings is 1. The van der Waals surface area contributed by atoms with Gasteiger partial charge in [0.25, 0.3) is 5.72 Å². The number of ketones is 1. The van der Waals surface area contributed by atoms with Gasteiger partial charge in [0.15, 0.2) is 5.78 Å². The highest BCUT2D eigenvalue weighted by atomic mass is 32.1. The second-order valence-corrected chi connectivity index (χ2v) is 7.42. The molecule has 2 heterocycles. The van der Waals surface area contributed by atoms with Crippen LogP contribution in [-0.2, 0) is 0 Å². The van der Waals surface area contributed by atoms with Gasteiger partial charge in [-0.25, -0.2) is 4.79 Å². The van der Waals surface area contributed by atoms with Gasteiger partial charge in [-0.05, 0) is 29.1 Å². The zero-order valence-corrected chi connectivity index (χ0v) is 16.0. The summed E-state index contributed by atoms with van der Waals surface area (Å²) >= 11 is 0.882. The number of rotatable bonds is 5. The van der Waals surface area contributed by atoms with Crippen LogP contribution in [0.2, 0.25) is 0 Å². The summed E-state index contributed by atoms with van der Waals surface area (Å²) < 4.78 is 70.8. The molecule has 1 saturated heterocycles. The number of nitrogens with one attached hydrogen (secondary N) is 1. The van der Waals surface area contributed by atoms with E-state index in [9.17, 15) is 36.6 Å². The lowest BCUT2D eigenvalue weighted by Gasteiger charge is -2.49. The molecule has 12 heteroatoms. The molecule has 1 aliphatic rings. The number of ether oxygens (including phenoxy) is 1. The van der Waals surface area contributed by atoms with Gasteiger partial charge in [-0.2, -0.15) is 22.0 Å². The molecule has 0 spiro atoms. The Hall–Kier alpha value is -2.73. The van der Waals surface area contributed by atoms with E-state index in [1.165, 1.54) is 17.5 Å². The van der Waals surface area contributed by atoms with E-state index in [0.29, 0.717) is 0 Å². The van der Waals surface area contributed by atoms with Crippen LogP contribution >= 0.6 is 11.3 Å². The number of aliphatic hydroxyl groups is 1. The summed E-state index contributed by atoms with van der Waals surface area (Å²) in [5, 5.41) is 14.4. The minimum atomic E-state index is -5.37. The maximum absolute atomic E-state index is 14.0. The molecular formula is C18H15F5N2O4S.